The van der Waals surface area contributed by atoms with E-state index in [0.29, 0.717) is 24.2 Å². The van der Waals surface area contributed by atoms with E-state index in [2.05, 4.69) is 41.7 Å². The molecular formula is C21H18F5N9. The van der Waals surface area contributed by atoms with Crippen LogP contribution in [-0.2, 0) is 11.6 Å². The van der Waals surface area contributed by atoms with Gasteiger partial charge in [0.05, 0.1) is 17.2 Å². The Bertz CT molecular complexity index is 1290. The van der Waals surface area contributed by atoms with Gasteiger partial charge in [-0.2, -0.15) is 38.5 Å². The van der Waals surface area contributed by atoms with E-state index < -0.39 is 35.7 Å². The van der Waals surface area contributed by atoms with E-state index in [1.807, 2.05) is 0 Å². The van der Waals surface area contributed by atoms with E-state index in [0.717, 1.165) is 16.9 Å². The number of pyridine rings is 1. The predicted molar refractivity (Wildman–Crippen MR) is 112 cm³/mol. The van der Waals surface area contributed by atoms with Crippen LogP contribution in [0.2, 0.25) is 0 Å². The van der Waals surface area contributed by atoms with E-state index in [-0.39, 0.29) is 30.7 Å². The predicted octanol–water partition coefficient (Wildman–Crippen LogP) is 4.37. The van der Waals surface area contributed by atoms with Crippen LogP contribution in [0.4, 0.5) is 39.5 Å². The number of rotatable bonds is 6. The quantitative estimate of drug-likeness (QED) is 0.489. The zero-order valence-electron chi connectivity index (χ0n) is 18.0. The minimum absolute atomic E-state index is 0.0507. The molecule has 0 amide bonds. The summed E-state index contributed by atoms with van der Waals surface area (Å²) in [5.74, 6) is -3.19. The molecule has 14 heteroatoms. The van der Waals surface area contributed by atoms with Crippen molar-refractivity contribution in [1.82, 2.24) is 29.7 Å². The summed E-state index contributed by atoms with van der Waals surface area (Å²) in [7, 11) is 0. The molecule has 0 spiro atoms. The van der Waals surface area contributed by atoms with Crippen LogP contribution in [0.15, 0.2) is 30.6 Å². The highest BCUT2D eigenvalue weighted by Gasteiger charge is 2.46. The molecule has 3 aromatic heterocycles. The maximum atomic E-state index is 13.6. The fourth-order valence-corrected chi connectivity index (χ4v) is 3.88. The van der Waals surface area contributed by atoms with Gasteiger partial charge in [0.1, 0.15) is 0 Å². The minimum atomic E-state index is -4.66. The fourth-order valence-electron chi connectivity index (χ4n) is 3.88. The molecular weight excluding hydrogens is 473 g/mol. The molecule has 9 nitrogen and oxygen atoms in total. The number of nitriles is 1. The second-order valence-electron chi connectivity index (χ2n) is 8.61. The maximum Gasteiger partial charge on any atom is 0.435 e. The lowest BCUT2D eigenvalue weighted by Gasteiger charge is -2.15. The topological polar surface area (TPSA) is 117 Å². The van der Waals surface area contributed by atoms with E-state index in [1.165, 1.54) is 6.20 Å². The summed E-state index contributed by atoms with van der Waals surface area (Å²) in [4.78, 5) is 16.7. The molecule has 0 aromatic carbocycles. The Balaban J connectivity index is 1.47. The lowest BCUT2D eigenvalue weighted by atomic mass is 10.0. The van der Waals surface area contributed by atoms with E-state index in [9.17, 15) is 27.2 Å². The minimum Gasteiger partial charge on any atom is -0.351 e. The van der Waals surface area contributed by atoms with Crippen molar-refractivity contribution in [1.29, 1.82) is 5.26 Å². The zero-order valence-corrected chi connectivity index (χ0v) is 18.0. The molecule has 35 heavy (non-hydrogen) atoms. The van der Waals surface area contributed by atoms with Crippen molar-refractivity contribution in [2.45, 2.75) is 55.7 Å². The summed E-state index contributed by atoms with van der Waals surface area (Å²) >= 11 is 0. The number of halogens is 5. The van der Waals surface area contributed by atoms with Gasteiger partial charge in [-0.3, -0.25) is 4.98 Å². The summed E-state index contributed by atoms with van der Waals surface area (Å²) in [5, 5.41) is 18.7. The van der Waals surface area contributed by atoms with E-state index >= 15 is 0 Å². The number of nitrogens with zero attached hydrogens (tertiary/aromatic N) is 7. The van der Waals surface area contributed by atoms with Crippen molar-refractivity contribution in [2.24, 2.45) is 0 Å². The van der Waals surface area contributed by atoms with Crippen LogP contribution >= 0.6 is 0 Å². The number of alkyl halides is 5. The van der Waals surface area contributed by atoms with E-state index in [4.69, 9.17) is 0 Å². The molecule has 182 valence electrons. The third-order valence-electron chi connectivity index (χ3n) is 5.92. The molecule has 3 aromatic rings. The second-order valence-corrected chi connectivity index (χ2v) is 8.61. The molecule has 1 atom stereocenters. The van der Waals surface area contributed by atoms with Crippen molar-refractivity contribution < 1.29 is 22.0 Å². The highest BCUT2D eigenvalue weighted by Crippen LogP contribution is 2.47. The van der Waals surface area contributed by atoms with Gasteiger partial charge in [0.15, 0.2) is 5.69 Å². The number of aromatic nitrogens is 6. The summed E-state index contributed by atoms with van der Waals surface area (Å²) in [6.07, 6.45) is -1.25. The third-order valence-corrected chi connectivity index (χ3v) is 5.92. The van der Waals surface area contributed by atoms with Gasteiger partial charge >= 0.3 is 6.18 Å². The molecule has 0 saturated heterocycles. The van der Waals surface area contributed by atoms with Crippen molar-refractivity contribution in [3.05, 3.63) is 42.0 Å². The standard InChI is InChI=1S/C21H18F5N9/c22-20(23)4-1-13(10-20)30-17-31-16(29-12-2-7-28-15(9-12)19(11-27)5-6-19)32-18(33-17)35-8-3-14(34-35)21(24,25)26/h2-3,7-9,13H,1,4-6,10H2,(H2,28,29,30,31,32,33)/t13-/m1/s1. The highest BCUT2D eigenvalue weighted by molar-refractivity contribution is 5.56. The maximum absolute atomic E-state index is 13.6. The first kappa shape index (κ1) is 22.9. The van der Waals surface area contributed by atoms with Gasteiger partial charge in [-0.15, -0.1) is 0 Å². The van der Waals surface area contributed by atoms with Gasteiger partial charge in [-0.05, 0) is 37.5 Å². The number of hydrogen-bond acceptors (Lipinski definition) is 8. The van der Waals surface area contributed by atoms with Crippen molar-refractivity contribution in [2.75, 3.05) is 10.6 Å². The van der Waals surface area contributed by atoms with Gasteiger partial charge < -0.3 is 10.6 Å². The van der Waals surface area contributed by atoms with Crippen molar-refractivity contribution in [3.8, 4) is 12.0 Å². The van der Waals surface area contributed by atoms with E-state index in [1.54, 1.807) is 12.1 Å². The molecule has 2 saturated carbocycles. The summed E-state index contributed by atoms with van der Waals surface area (Å²) in [6.45, 7) is 0. The SMILES string of the molecule is N#CC1(c2cc(Nc3nc(N[C@@H]4CCC(F)(F)C4)nc(-n4ccc(C(F)(F)F)n4)n3)ccn2)CC1. The number of nitrogens with one attached hydrogen (secondary N) is 2. The summed E-state index contributed by atoms with van der Waals surface area (Å²) in [6, 6.07) is 5.69. The molecule has 0 bridgehead atoms. The molecule has 0 unspecified atom stereocenters. The molecule has 5 rings (SSSR count). The largest absolute Gasteiger partial charge is 0.435 e. The Labute approximate surface area is 195 Å². The Kier molecular flexibility index (Phi) is 5.30. The first-order chi connectivity index (χ1) is 16.6. The van der Waals surface area contributed by atoms with Gasteiger partial charge in [-0.25, -0.2) is 13.5 Å². The lowest BCUT2D eigenvalue weighted by molar-refractivity contribution is -0.141. The summed E-state index contributed by atoms with van der Waals surface area (Å²) < 4.78 is 67.2. The van der Waals surface area contributed by atoms with Gasteiger partial charge in [0, 0.05) is 37.0 Å². The number of hydrogen-bond donors (Lipinski definition) is 2. The average molecular weight is 491 g/mol. The first-order valence-corrected chi connectivity index (χ1v) is 10.7. The van der Waals surface area contributed by atoms with Crippen LogP contribution in [0.25, 0.3) is 5.95 Å². The Morgan fingerprint density at radius 3 is 2.49 bits per heavy atom. The monoisotopic (exact) mass is 491 g/mol. The van der Waals surface area contributed by atoms with Gasteiger partial charge in [0.2, 0.25) is 17.8 Å². The van der Waals surface area contributed by atoms with Crippen LogP contribution in [-0.4, -0.2) is 41.7 Å². The highest BCUT2D eigenvalue weighted by atomic mass is 19.4. The molecule has 2 fully saturated rings. The van der Waals surface area contributed by atoms with Crippen LogP contribution < -0.4 is 10.6 Å². The van der Waals surface area contributed by atoms with Crippen molar-refractivity contribution >= 4 is 17.6 Å². The van der Waals surface area contributed by atoms with Crippen LogP contribution in [0.1, 0.15) is 43.5 Å². The second kappa shape index (κ2) is 8.10. The van der Waals surface area contributed by atoms with Crippen LogP contribution in [0.5, 0.6) is 0 Å². The van der Waals surface area contributed by atoms with Gasteiger partial charge in [-0.1, -0.05) is 0 Å². The molecule has 0 aliphatic heterocycles. The van der Waals surface area contributed by atoms with Crippen LogP contribution in [0.3, 0.4) is 0 Å². The Hall–Kier alpha value is -3.89. The lowest BCUT2D eigenvalue weighted by Crippen LogP contribution is -2.21. The molecule has 2 N–H and O–H groups in total. The van der Waals surface area contributed by atoms with Crippen LogP contribution in [0, 0.1) is 11.3 Å². The third kappa shape index (κ3) is 4.84. The smallest absolute Gasteiger partial charge is 0.351 e. The average Bonchev–Trinajstić information content (AvgIpc) is 3.28. The zero-order chi connectivity index (χ0) is 24.8. The molecule has 2 aliphatic carbocycles. The number of anilines is 3. The normalized spacial score (nSPS) is 20.3. The first-order valence-electron chi connectivity index (χ1n) is 10.7. The Morgan fingerprint density at radius 2 is 1.86 bits per heavy atom. The fraction of sp³-hybridized carbons (Fsp3) is 0.429. The molecule has 3 heterocycles. The Morgan fingerprint density at radius 1 is 1.09 bits per heavy atom. The molecule has 0 radical (unpaired) electrons. The summed E-state index contributed by atoms with van der Waals surface area (Å²) in [5.41, 5.74) is -0.704. The molecule has 2 aliphatic rings. The van der Waals surface area contributed by atoms with Gasteiger partial charge in [0.25, 0.3) is 5.95 Å². The van der Waals surface area contributed by atoms with Crippen molar-refractivity contribution in [3.63, 3.8) is 0 Å².